The average Bonchev–Trinajstić information content (AvgIpc) is 3.14. The van der Waals surface area contributed by atoms with Gasteiger partial charge < -0.3 is 4.90 Å². The Morgan fingerprint density at radius 3 is 2.54 bits per heavy atom. The minimum atomic E-state index is -4.60. The first-order chi connectivity index (χ1) is 12.3. The molecule has 0 spiro atoms. The summed E-state index contributed by atoms with van der Waals surface area (Å²) in [6.07, 6.45) is -0.814. The van der Waals surface area contributed by atoms with E-state index in [-0.39, 0.29) is 6.54 Å². The predicted octanol–water partition coefficient (Wildman–Crippen LogP) is 3.18. The maximum Gasteiger partial charge on any atom is 0.416 e. The molecular formula is C17H18F3N3O2S. The zero-order chi connectivity index (χ0) is 18.8. The monoisotopic (exact) mass is 385 g/mol. The molecule has 0 radical (unpaired) electrons. The van der Waals surface area contributed by atoms with Crippen molar-refractivity contribution in [3.63, 3.8) is 0 Å². The van der Waals surface area contributed by atoms with Gasteiger partial charge in [-0.05, 0) is 48.7 Å². The molecule has 3 rings (SSSR count). The van der Waals surface area contributed by atoms with Gasteiger partial charge in [0.25, 0.3) is 0 Å². The summed E-state index contributed by atoms with van der Waals surface area (Å²) in [6, 6.07) is 7.15. The van der Waals surface area contributed by atoms with E-state index in [1.54, 1.807) is 18.3 Å². The summed E-state index contributed by atoms with van der Waals surface area (Å²) in [5.74, 6) is 0.776. The van der Waals surface area contributed by atoms with E-state index in [4.69, 9.17) is 0 Å². The molecule has 0 bridgehead atoms. The molecule has 5 nitrogen and oxygen atoms in total. The molecule has 140 valence electrons. The average molecular weight is 385 g/mol. The highest BCUT2D eigenvalue weighted by molar-refractivity contribution is 7.89. The Labute approximate surface area is 149 Å². The second-order valence-corrected chi connectivity index (χ2v) is 7.83. The van der Waals surface area contributed by atoms with Crippen molar-refractivity contribution in [1.29, 1.82) is 0 Å². The van der Waals surface area contributed by atoms with Crippen molar-refractivity contribution in [2.75, 3.05) is 18.0 Å². The van der Waals surface area contributed by atoms with E-state index in [0.29, 0.717) is 11.6 Å². The van der Waals surface area contributed by atoms with Crippen LogP contribution in [0.2, 0.25) is 0 Å². The molecule has 1 fully saturated rings. The van der Waals surface area contributed by atoms with Crippen LogP contribution in [0.5, 0.6) is 0 Å². The number of hydrogen-bond donors (Lipinski definition) is 1. The molecule has 1 aromatic heterocycles. The number of anilines is 1. The molecule has 0 amide bonds. The Bertz CT molecular complexity index is 879. The number of alkyl halides is 3. The van der Waals surface area contributed by atoms with Crippen LogP contribution in [0.3, 0.4) is 0 Å². The van der Waals surface area contributed by atoms with Gasteiger partial charge in [0, 0.05) is 25.8 Å². The van der Waals surface area contributed by atoms with Crippen molar-refractivity contribution < 1.29 is 21.6 Å². The standard InChI is InChI=1S/C17H18F3N3O2S/c18-17(19,20)14-4-3-5-15(11-14)26(24,25)22-12-13-6-7-21-16(10-13)23-8-1-2-9-23/h3-7,10-11,22H,1-2,8-9,12H2. The van der Waals surface area contributed by atoms with Crippen molar-refractivity contribution in [3.05, 3.63) is 53.7 Å². The van der Waals surface area contributed by atoms with Crippen molar-refractivity contribution in [2.45, 2.75) is 30.5 Å². The van der Waals surface area contributed by atoms with Gasteiger partial charge in [0.15, 0.2) is 0 Å². The third kappa shape index (κ3) is 4.34. The fourth-order valence-electron chi connectivity index (χ4n) is 2.79. The fraction of sp³-hybridized carbons (Fsp3) is 0.353. The molecule has 26 heavy (non-hydrogen) atoms. The quantitative estimate of drug-likeness (QED) is 0.859. The van der Waals surface area contributed by atoms with Crippen LogP contribution < -0.4 is 9.62 Å². The summed E-state index contributed by atoms with van der Waals surface area (Å²) >= 11 is 0. The van der Waals surface area contributed by atoms with Crippen molar-refractivity contribution in [1.82, 2.24) is 9.71 Å². The number of sulfonamides is 1. The van der Waals surface area contributed by atoms with E-state index in [0.717, 1.165) is 49.9 Å². The molecule has 0 unspecified atom stereocenters. The molecule has 1 saturated heterocycles. The zero-order valence-electron chi connectivity index (χ0n) is 13.8. The smallest absolute Gasteiger partial charge is 0.357 e. The van der Waals surface area contributed by atoms with Crippen LogP contribution in [0.25, 0.3) is 0 Å². The SMILES string of the molecule is O=S(=O)(NCc1ccnc(N2CCCC2)c1)c1cccc(C(F)(F)F)c1. The summed E-state index contributed by atoms with van der Waals surface area (Å²) in [5.41, 5.74) is -0.307. The number of benzene rings is 1. The van der Waals surface area contributed by atoms with Gasteiger partial charge in [-0.15, -0.1) is 0 Å². The van der Waals surface area contributed by atoms with Gasteiger partial charge in [-0.25, -0.2) is 18.1 Å². The maximum atomic E-state index is 12.8. The van der Waals surface area contributed by atoms with E-state index < -0.39 is 26.7 Å². The first-order valence-corrected chi connectivity index (χ1v) is 9.61. The minimum absolute atomic E-state index is 0.0259. The number of hydrogen-bond acceptors (Lipinski definition) is 4. The van der Waals surface area contributed by atoms with E-state index in [1.807, 2.05) is 0 Å². The van der Waals surface area contributed by atoms with Crippen LogP contribution in [-0.4, -0.2) is 26.5 Å². The van der Waals surface area contributed by atoms with Crippen LogP contribution in [0.15, 0.2) is 47.5 Å². The highest BCUT2D eigenvalue weighted by atomic mass is 32.2. The summed E-state index contributed by atoms with van der Waals surface area (Å²) in [7, 11) is -4.06. The van der Waals surface area contributed by atoms with Crippen LogP contribution in [0.4, 0.5) is 19.0 Å². The molecule has 0 aliphatic carbocycles. The van der Waals surface area contributed by atoms with Gasteiger partial charge in [0.1, 0.15) is 5.82 Å². The Balaban J connectivity index is 1.74. The Morgan fingerprint density at radius 1 is 1.12 bits per heavy atom. The van der Waals surface area contributed by atoms with Crippen LogP contribution in [-0.2, 0) is 22.7 Å². The highest BCUT2D eigenvalue weighted by Crippen LogP contribution is 2.30. The topological polar surface area (TPSA) is 62.3 Å². The first-order valence-electron chi connectivity index (χ1n) is 8.12. The van der Waals surface area contributed by atoms with Gasteiger partial charge in [0.2, 0.25) is 10.0 Å². The van der Waals surface area contributed by atoms with Gasteiger partial charge in [0.05, 0.1) is 10.5 Å². The molecule has 9 heteroatoms. The largest absolute Gasteiger partial charge is 0.416 e. The lowest BCUT2D eigenvalue weighted by Gasteiger charge is -2.17. The first kappa shape index (κ1) is 18.7. The lowest BCUT2D eigenvalue weighted by molar-refractivity contribution is -0.137. The normalized spacial score (nSPS) is 15.4. The Hall–Kier alpha value is -2.13. The zero-order valence-corrected chi connectivity index (χ0v) is 14.6. The molecular weight excluding hydrogens is 367 g/mol. The molecule has 0 saturated carbocycles. The molecule has 1 N–H and O–H groups in total. The number of nitrogens with zero attached hydrogens (tertiary/aromatic N) is 2. The number of rotatable bonds is 5. The van der Waals surface area contributed by atoms with E-state index in [9.17, 15) is 21.6 Å². The number of aromatic nitrogens is 1. The number of halogens is 3. The molecule has 2 aromatic rings. The van der Waals surface area contributed by atoms with Crippen LogP contribution >= 0.6 is 0 Å². The lowest BCUT2D eigenvalue weighted by Crippen LogP contribution is -2.24. The summed E-state index contributed by atoms with van der Waals surface area (Å²) < 4.78 is 65.3. The van der Waals surface area contributed by atoms with Gasteiger partial charge in [-0.2, -0.15) is 13.2 Å². The second-order valence-electron chi connectivity index (χ2n) is 6.07. The third-order valence-electron chi connectivity index (χ3n) is 4.18. The van der Waals surface area contributed by atoms with E-state index >= 15 is 0 Å². The van der Waals surface area contributed by atoms with Crippen LogP contribution in [0.1, 0.15) is 24.0 Å². The maximum absolute atomic E-state index is 12.8. The summed E-state index contributed by atoms with van der Waals surface area (Å²) in [6.45, 7) is 1.79. The van der Waals surface area contributed by atoms with E-state index in [2.05, 4.69) is 14.6 Å². The van der Waals surface area contributed by atoms with Gasteiger partial charge >= 0.3 is 6.18 Å². The molecule has 1 aliphatic rings. The van der Waals surface area contributed by atoms with Crippen molar-refractivity contribution in [2.24, 2.45) is 0 Å². The van der Waals surface area contributed by atoms with Crippen molar-refractivity contribution in [3.8, 4) is 0 Å². The number of pyridine rings is 1. The molecule has 1 aromatic carbocycles. The lowest BCUT2D eigenvalue weighted by atomic mass is 10.2. The second kappa shape index (κ2) is 7.24. The minimum Gasteiger partial charge on any atom is -0.357 e. The van der Waals surface area contributed by atoms with Gasteiger partial charge in [-0.1, -0.05) is 6.07 Å². The third-order valence-corrected chi connectivity index (χ3v) is 5.58. The van der Waals surface area contributed by atoms with Crippen LogP contribution in [0, 0.1) is 0 Å². The van der Waals surface area contributed by atoms with Gasteiger partial charge in [-0.3, -0.25) is 0 Å². The molecule has 0 atom stereocenters. The Morgan fingerprint density at radius 2 is 1.85 bits per heavy atom. The summed E-state index contributed by atoms with van der Waals surface area (Å²) in [4.78, 5) is 5.99. The Kier molecular flexibility index (Phi) is 5.19. The molecule has 2 heterocycles. The molecule has 1 aliphatic heterocycles. The van der Waals surface area contributed by atoms with E-state index in [1.165, 1.54) is 0 Å². The van der Waals surface area contributed by atoms with Crippen molar-refractivity contribution >= 4 is 15.8 Å². The fourth-order valence-corrected chi connectivity index (χ4v) is 3.85. The predicted molar refractivity (Wildman–Crippen MR) is 91.2 cm³/mol. The highest BCUT2D eigenvalue weighted by Gasteiger charge is 2.31. The summed E-state index contributed by atoms with van der Waals surface area (Å²) in [5, 5.41) is 0. The number of nitrogens with one attached hydrogen (secondary N) is 1.